The van der Waals surface area contributed by atoms with Crippen molar-refractivity contribution in [2.24, 2.45) is 0 Å². The highest BCUT2D eigenvalue weighted by Gasteiger charge is 2.15. The summed E-state index contributed by atoms with van der Waals surface area (Å²) in [7, 11) is 2.01. The van der Waals surface area contributed by atoms with Crippen molar-refractivity contribution < 1.29 is 0 Å². The van der Waals surface area contributed by atoms with Gasteiger partial charge in [-0.3, -0.25) is 0 Å². The van der Waals surface area contributed by atoms with Crippen molar-refractivity contribution in [3.8, 4) is 0 Å². The van der Waals surface area contributed by atoms with Crippen LogP contribution in [0.2, 0.25) is 0 Å². The molecule has 0 bridgehead atoms. The molecule has 1 rings (SSSR count). The van der Waals surface area contributed by atoms with Crippen LogP contribution >= 0.6 is 0 Å². The minimum absolute atomic E-state index is 0.348. The molecule has 20 heavy (non-hydrogen) atoms. The number of nitrogens with zero attached hydrogens (tertiary/aromatic N) is 5. The Bertz CT molecular complexity index is 382. The summed E-state index contributed by atoms with van der Waals surface area (Å²) in [6.07, 6.45) is 1.04. The van der Waals surface area contributed by atoms with Crippen molar-refractivity contribution >= 4 is 17.8 Å². The summed E-state index contributed by atoms with van der Waals surface area (Å²) in [5.74, 6) is 2.12. The van der Waals surface area contributed by atoms with Crippen LogP contribution in [-0.4, -0.2) is 47.7 Å². The van der Waals surface area contributed by atoms with Crippen molar-refractivity contribution in [2.75, 3.05) is 41.8 Å². The molecule has 0 fully saturated rings. The van der Waals surface area contributed by atoms with Crippen LogP contribution in [0.5, 0.6) is 0 Å². The topological polar surface area (TPSA) is 57.2 Å². The summed E-state index contributed by atoms with van der Waals surface area (Å²) in [5.41, 5.74) is 0. The third-order valence-corrected chi connectivity index (χ3v) is 3.28. The molecule has 114 valence electrons. The third-order valence-electron chi connectivity index (χ3n) is 3.28. The number of nitrogens with one attached hydrogen (secondary N) is 1. The Morgan fingerprint density at radius 2 is 1.60 bits per heavy atom. The summed E-state index contributed by atoms with van der Waals surface area (Å²) in [6, 6.07) is 0.348. The maximum absolute atomic E-state index is 4.59. The van der Waals surface area contributed by atoms with Gasteiger partial charge in [-0.15, -0.1) is 0 Å². The molecule has 0 saturated carbocycles. The monoisotopic (exact) mass is 280 g/mol. The first-order valence-corrected chi connectivity index (χ1v) is 7.51. The fourth-order valence-corrected chi connectivity index (χ4v) is 1.71. The Morgan fingerprint density at radius 3 is 2.10 bits per heavy atom. The fourth-order valence-electron chi connectivity index (χ4n) is 1.71. The highest BCUT2D eigenvalue weighted by atomic mass is 15.4. The van der Waals surface area contributed by atoms with Crippen LogP contribution in [0, 0.1) is 0 Å². The molecular formula is C14H28N6. The highest BCUT2D eigenvalue weighted by molar-refractivity contribution is 5.45. The number of hydrogen-bond donors (Lipinski definition) is 1. The lowest BCUT2D eigenvalue weighted by Gasteiger charge is -2.24. The molecule has 0 spiro atoms. The maximum Gasteiger partial charge on any atom is 0.231 e. The van der Waals surface area contributed by atoms with Gasteiger partial charge in [0.1, 0.15) is 0 Å². The van der Waals surface area contributed by atoms with Crippen LogP contribution in [0.3, 0.4) is 0 Å². The Kier molecular flexibility index (Phi) is 6.48. The van der Waals surface area contributed by atoms with E-state index in [9.17, 15) is 0 Å². The first kappa shape index (κ1) is 16.5. The van der Waals surface area contributed by atoms with E-state index in [1.807, 2.05) is 7.05 Å². The van der Waals surface area contributed by atoms with Crippen molar-refractivity contribution in [1.82, 2.24) is 15.0 Å². The average molecular weight is 280 g/mol. The van der Waals surface area contributed by atoms with Gasteiger partial charge >= 0.3 is 0 Å². The SMILES string of the molecule is CCCNc1nc(N(CC)CC)nc(N(C)C(C)C)n1. The molecule has 0 radical (unpaired) electrons. The van der Waals surface area contributed by atoms with E-state index in [1.54, 1.807) is 0 Å². The number of anilines is 3. The molecule has 6 nitrogen and oxygen atoms in total. The van der Waals surface area contributed by atoms with Crippen molar-refractivity contribution in [1.29, 1.82) is 0 Å². The van der Waals surface area contributed by atoms with E-state index >= 15 is 0 Å². The van der Waals surface area contributed by atoms with E-state index in [0.717, 1.165) is 38.0 Å². The summed E-state index contributed by atoms with van der Waals surface area (Å²) in [5, 5.41) is 3.26. The highest BCUT2D eigenvalue weighted by Crippen LogP contribution is 2.17. The van der Waals surface area contributed by atoms with Gasteiger partial charge in [-0.2, -0.15) is 15.0 Å². The molecule has 0 aromatic carbocycles. The van der Waals surface area contributed by atoms with Gasteiger partial charge in [-0.05, 0) is 34.1 Å². The van der Waals surface area contributed by atoms with Gasteiger partial charge in [-0.1, -0.05) is 6.92 Å². The zero-order chi connectivity index (χ0) is 15.1. The minimum Gasteiger partial charge on any atom is -0.354 e. The molecule has 0 aliphatic rings. The molecule has 0 atom stereocenters. The van der Waals surface area contributed by atoms with E-state index in [2.05, 4.69) is 64.7 Å². The second-order valence-corrected chi connectivity index (χ2v) is 5.06. The molecule has 6 heteroatoms. The van der Waals surface area contributed by atoms with Crippen molar-refractivity contribution in [2.45, 2.75) is 47.1 Å². The van der Waals surface area contributed by atoms with Gasteiger partial charge in [0, 0.05) is 32.7 Å². The molecule has 0 unspecified atom stereocenters. The first-order chi connectivity index (χ1) is 9.53. The van der Waals surface area contributed by atoms with Crippen LogP contribution in [0.4, 0.5) is 17.8 Å². The van der Waals surface area contributed by atoms with E-state index in [-0.39, 0.29) is 0 Å². The van der Waals surface area contributed by atoms with Crippen LogP contribution in [0.15, 0.2) is 0 Å². The van der Waals surface area contributed by atoms with Crippen LogP contribution < -0.4 is 15.1 Å². The van der Waals surface area contributed by atoms with Gasteiger partial charge in [0.05, 0.1) is 0 Å². The Labute approximate surface area is 122 Å². The first-order valence-electron chi connectivity index (χ1n) is 7.51. The smallest absolute Gasteiger partial charge is 0.231 e. The van der Waals surface area contributed by atoms with Gasteiger partial charge in [-0.25, -0.2) is 0 Å². The van der Waals surface area contributed by atoms with E-state index < -0.39 is 0 Å². The molecule has 0 aliphatic heterocycles. The molecule has 0 saturated heterocycles. The maximum atomic E-state index is 4.59. The van der Waals surface area contributed by atoms with E-state index in [4.69, 9.17) is 0 Å². The lowest BCUT2D eigenvalue weighted by molar-refractivity contribution is 0.718. The number of rotatable bonds is 8. The quantitative estimate of drug-likeness (QED) is 0.789. The van der Waals surface area contributed by atoms with Crippen LogP contribution in [-0.2, 0) is 0 Å². The normalized spacial score (nSPS) is 10.8. The zero-order valence-corrected chi connectivity index (χ0v) is 13.6. The molecule has 0 amide bonds. The second-order valence-electron chi connectivity index (χ2n) is 5.06. The Hall–Kier alpha value is -1.59. The summed E-state index contributed by atoms with van der Waals surface area (Å²) in [6.45, 7) is 13.2. The third kappa shape index (κ3) is 4.21. The lowest BCUT2D eigenvalue weighted by atomic mass is 10.4. The fraction of sp³-hybridized carbons (Fsp3) is 0.786. The van der Waals surface area contributed by atoms with Gasteiger partial charge < -0.3 is 15.1 Å². The van der Waals surface area contributed by atoms with E-state index in [0.29, 0.717) is 12.0 Å². The van der Waals surface area contributed by atoms with Gasteiger partial charge in [0.2, 0.25) is 17.8 Å². The van der Waals surface area contributed by atoms with Crippen LogP contribution in [0.25, 0.3) is 0 Å². The van der Waals surface area contributed by atoms with E-state index in [1.165, 1.54) is 0 Å². The molecule has 0 aliphatic carbocycles. The number of hydrogen-bond acceptors (Lipinski definition) is 6. The molecule has 1 N–H and O–H groups in total. The predicted octanol–water partition coefficient (Wildman–Crippen LogP) is 2.38. The zero-order valence-electron chi connectivity index (χ0n) is 13.6. The molecule has 1 aromatic heterocycles. The molecular weight excluding hydrogens is 252 g/mol. The summed E-state index contributed by atoms with van der Waals surface area (Å²) in [4.78, 5) is 17.8. The largest absolute Gasteiger partial charge is 0.354 e. The minimum atomic E-state index is 0.348. The molecule has 1 heterocycles. The van der Waals surface area contributed by atoms with Crippen LogP contribution in [0.1, 0.15) is 41.0 Å². The average Bonchev–Trinajstić information content (AvgIpc) is 2.45. The Balaban J connectivity index is 3.13. The molecule has 1 aromatic rings. The summed E-state index contributed by atoms with van der Waals surface area (Å²) >= 11 is 0. The Morgan fingerprint density at radius 1 is 1.00 bits per heavy atom. The van der Waals surface area contributed by atoms with Crippen molar-refractivity contribution in [3.63, 3.8) is 0 Å². The summed E-state index contributed by atoms with van der Waals surface area (Å²) < 4.78 is 0. The lowest BCUT2D eigenvalue weighted by Crippen LogP contribution is -2.30. The standard InChI is InChI=1S/C14H28N6/c1-7-10-15-12-16-13(19(6)11(4)5)18-14(17-12)20(8-2)9-3/h11H,7-10H2,1-6H3,(H,15,16,17,18). The van der Waals surface area contributed by atoms with Crippen molar-refractivity contribution in [3.05, 3.63) is 0 Å². The van der Waals surface area contributed by atoms with Gasteiger partial charge in [0.25, 0.3) is 0 Å². The van der Waals surface area contributed by atoms with Gasteiger partial charge in [0.15, 0.2) is 0 Å². The predicted molar refractivity (Wildman–Crippen MR) is 85.7 cm³/mol. The number of aromatic nitrogens is 3. The second kappa shape index (κ2) is 7.87.